The summed E-state index contributed by atoms with van der Waals surface area (Å²) >= 11 is 6.01. The average molecular weight is 425 g/mol. The minimum atomic E-state index is -4.76. The third-order valence-electron chi connectivity index (χ3n) is 3.98. The van der Waals surface area contributed by atoms with Gasteiger partial charge in [-0.05, 0) is 36.2 Å². The van der Waals surface area contributed by atoms with E-state index in [1.807, 2.05) is 6.92 Å². The molecule has 0 saturated heterocycles. The van der Waals surface area contributed by atoms with E-state index in [1.165, 1.54) is 24.3 Å². The fourth-order valence-electron chi connectivity index (χ4n) is 2.78. The summed E-state index contributed by atoms with van der Waals surface area (Å²) in [7, 11) is 0. The first-order valence-electron chi connectivity index (χ1n) is 8.55. The lowest BCUT2D eigenvalue weighted by atomic mass is 10.1. The first kappa shape index (κ1) is 20.7. The van der Waals surface area contributed by atoms with E-state index >= 15 is 0 Å². The molecule has 0 radical (unpaired) electrons. The van der Waals surface area contributed by atoms with Crippen LogP contribution in [-0.4, -0.2) is 27.5 Å². The van der Waals surface area contributed by atoms with Crippen LogP contribution in [0.4, 0.5) is 13.2 Å². The van der Waals surface area contributed by atoms with Gasteiger partial charge < -0.3 is 10.5 Å². The number of rotatable bonds is 5. The molecule has 0 spiro atoms. The number of fused-ring (bicyclic) bond motifs is 1. The first-order chi connectivity index (χ1) is 13.7. The zero-order valence-electron chi connectivity index (χ0n) is 15.2. The molecule has 1 aromatic carbocycles. The molecule has 1 amide bonds. The first-order valence-corrected chi connectivity index (χ1v) is 8.92. The Labute approximate surface area is 168 Å². The van der Waals surface area contributed by atoms with Gasteiger partial charge in [-0.1, -0.05) is 30.7 Å². The van der Waals surface area contributed by atoms with Crippen molar-refractivity contribution in [1.29, 1.82) is 0 Å². The number of aryl methyl sites for hydroxylation is 1. The minimum absolute atomic E-state index is 0.0125. The molecule has 0 aliphatic carbocycles. The van der Waals surface area contributed by atoms with E-state index < -0.39 is 12.3 Å². The molecule has 2 aromatic heterocycles. The number of nitrogens with two attached hydrogens (primary N) is 1. The molecule has 0 atom stereocenters. The number of nitrogens with zero attached hydrogens (tertiary/aromatic N) is 3. The summed E-state index contributed by atoms with van der Waals surface area (Å²) in [6.07, 6.45) is -2.60. The number of ether oxygens (including phenoxy) is 1. The zero-order chi connectivity index (χ0) is 21.2. The largest absolute Gasteiger partial charge is 0.573 e. The van der Waals surface area contributed by atoms with E-state index in [0.29, 0.717) is 28.3 Å². The number of amides is 1. The van der Waals surface area contributed by atoms with E-state index in [0.717, 1.165) is 0 Å². The molecule has 2 heterocycles. The summed E-state index contributed by atoms with van der Waals surface area (Å²) in [6, 6.07) is 8.52. The molecular formula is C19H16ClF3N4O2. The number of imidazole rings is 1. The molecule has 0 bridgehead atoms. The Morgan fingerprint density at radius 1 is 1.24 bits per heavy atom. The predicted molar refractivity (Wildman–Crippen MR) is 102 cm³/mol. The number of alkyl halides is 3. The van der Waals surface area contributed by atoms with Crippen LogP contribution >= 0.6 is 11.6 Å². The molecule has 2 N–H and O–H groups in total. The molecule has 0 aliphatic heterocycles. The van der Waals surface area contributed by atoms with Gasteiger partial charge in [-0.3, -0.25) is 9.20 Å². The van der Waals surface area contributed by atoms with Gasteiger partial charge in [0.1, 0.15) is 22.9 Å². The Hall–Kier alpha value is -3.07. The van der Waals surface area contributed by atoms with Crippen LogP contribution in [0.5, 0.6) is 5.75 Å². The van der Waals surface area contributed by atoms with Crippen LogP contribution in [0, 0.1) is 0 Å². The van der Waals surface area contributed by atoms with Gasteiger partial charge >= 0.3 is 6.36 Å². The van der Waals surface area contributed by atoms with Crippen LogP contribution in [0.25, 0.3) is 5.65 Å². The van der Waals surface area contributed by atoms with Crippen molar-refractivity contribution in [3.63, 3.8) is 0 Å². The molecule has 3 aromatic rings. The molecule has 0 saturated carbocycles. The number of hydrogen-bond acceptors (Lipinski definition) is 3. The van der Waals surface area contributed by atoms with Crippen molar-refractivity contribution in [3.8, 4) is 5.75 Å². The average Bonchev–Trinajstić information content (AvgIpc) is 2.99. The standard InChI is InChI=1S/C19H16ClF3N4O2/c1-2-14-17(27-10-12(20)5-8-16(27)25-14)18(28)26-15(24)9-11-3-6-13(7-4-11)29-19(21,22)23/h3-8,10H,2,9H2,1H3,(H2,24,26,28). The number of benzene rings is 1. The summed E-state index contributed by atoms with van der Waals surface area (Å²) in [5.74, 6) is -0.910. The lowest BCUT2D eigenvalue weighted by Gasteiger charge is -2.09. The predicted octanol–water partition coefficient (Wildman–Crippen LogP) is 4.19. The number of amidine groups is 1. The van der Waals surface area contributed by atoms with Crippen molar-refractivity contribution in [2.45, 2.75) is 26.1 Å². The van der Waals surface area contributed by atoms with Gasteiger partial charge in [-0.15, -0.1) is 13.2 Å². The monoisotopic (exact) mass is 424 g/mol. The van der Waals surface area contributed by atoms with E-state index in [2.05, 4.69) is 14.7 Å². The van der Waals surface area contributed by atoms with Gasteiger partial charge in [0.2, 0.25) is 0 Å². The highest BCUT2D eigenvalue weighted by Crippen LogP contribution is 2.23. The molecule has 0 fully saturated rings. The smallest absolute Gasteiger partial charge is 0.406 e. The third kappa shape index (κ3) is 5.05. The van der Waals surface area contributed by atoms with Crippen LogP contribution in [0.15, 0.2) is 47.6 Å². The van der Waals surface area contributed by atoms with Crippen molar-refractivity contribution in [3.05, 3.63) is 64.6 Å². The summed E-state index contributed by atoms with van der Waals surface area (Å²) in [5, 5.41) is 0.435. The quantitative estimate of drug-likeness (QED) is 0.492. The summed E-state index contributed by atoms with van der Waals surface area (Å²) < 4.78 is 42.0. The normalized spacial score (nSPS) is 12.4. The Morgan fingerprint density at radius 3 is 2.55 bits per heavy atom. The van der Waals surface area contributed by atoms with Gasteiger partial charge in [0, 0.05) is 12.6 Å². The lowest BCUT2D eigenvalue weighted by Crippen LogP contribution is -2.19. The molecule has 0 aliphatic rings. The van der Waals surface area contributed by atoms with Crippen LogP contribution in [0.2, 0.25) is 5.02 Å². The topological polar surface area (TPSA) is 82.0 Å². The van der Waals surface area contributed by atoms with Gasteiger partial charge in [-0.25, -0.2) is 4.98 Å². The second kappa shape index (κ2) is 8.12. The van der Waals surface area contributed by atoms with Crippen LogP contribution in [-0.2, 0) is 12.8 Å². The van der Waals surface area contributed by atoms with Crippen LogP contribution < -0.4 is 10.5 Å². The van der Waals surface area contributed by atoms with Crippen LogP contribution in [0.3, 0.4) is 0 Å². The number of aliphatic imine (C=N–C) groups is 1. The Morgan fingerprint density at radius 2 is 1.93 bits per heavy atom. The third-order valence-corrected chi connectivity index (χ3v) is 4.20. The van der Waals surface area contributed by atoms with Gasteiger partial charge in [0.15, 0.2) is 0 Å². The number of carbonyl (C=O) groups excluding carboxylic acids is 1. The fraction of sp³-hybridized carbons (Fsp3) is 0.211. The Kier molecular flexibility index (Phi) is 5.78. The molecular weight excluding hydrogens is 409 g/mol. The number of carbonyl (C=O) groups is 1. The molecule has 29 heavy (non-hydrogen) atoms. The second-order valence-electron chi connectivity index (χ2n) is 6.11. The van der Waals surface area contributed by atoms with Gasteiger partial charge in [0.25, 0.3) is 5.91 Å². The number of halogens is 4. The van der Waals surface area contributed by atoms with E-state index in [4.69, 9.17) is 17.3 Å². The number of aromatic nitrogens is 2. The highest BCUT2D eigenvalue weighted by molar-refractivity contribution is 6.30. The maximum absolute atomic E-state index is 12.7. The highest BCUT2D eigenvalue weighted by Gasteiger charge is 2.31. The lowest BCUT2D eigenvalue weighted by molar-refractivity contribution is -0.274. The minimum Gasteiger partial charge on any atom is -0.406 e. The fourth-order valence-corrected chi connectivity index (χ4v) is 2.94. The van der Waals surface area contributed by atoms with E-state index in [9.17, 15) is 18.0 Å². The zero-order valence-corrected chi connectivity index (χ0v) is 16.0. The molecule has 152 valence electrons. The maximum Gasteiger partial charge on any atom is 0.573 e. The van der Waals surface area contributed by atoms with Crippen LogP contribution in [0.1, 0.15) is 28.7 Å². The summed E-state index contributed by atoms with van der Waals surface area (Å²) in [4.78, 5) is 21.0. The van der Waals surface area contributed by atoms with E-state index in [-0.39, 0.29) is 23.7 Å². The van der Waals surface area contributed by atoms with E-state index in [1.54, 1.807) is 22.7 Å². The van der Waals surface area contributed by atoms with Gasteiger partial charge in [-0.2, -0.15) is 4.99 Å². The van der Waals surface area contributed by atoms with Crippen molar-refractivity contribution in [2.24, 2.45) is 10.7 Å². The summed E-state index contributed by atoms with van der Waals surface area (Å²) in [6.45, 7) is 1.86. The maximum atomic E-state index is 12.7. The number of hydrogen-bond donors (Lipinski definition) is 1. The SMILES string of the molecule is CCc1nc2ccc(Cl)cn2c1C(=O)N=C(N)Cc1ccc(OC(F)(F)F)cc1. The Balaban J connectivity index is 1.81. The van der Waals surface area contributed by atoms with Crippen molar-refractivity contribution < 1.29 is 22.7 Å². The second-order valence-corrected chi connectivity index (χ2v) is 6.55. The molecule has 0 unspecified atom stereocenters. The highest BCUT2D eigenvalue weighted by atomic mass is 35.5. The van der Waals surface area contributed by atoms with Crippen molar-refractivity contribution in [1.82, 2.24) is 9.38 Å². The Bertz CT molecular complexity index is 1080. The number of pyridine rings is 1. The summed E-state index contributed by atoms with van der Waals surface area (Å²) in [5.41, 5.74) is 7.84. The molecule has 3 rings (SSSR count). The van der Waals surface area contributed by atoms with Gasteiger partial charge in [0.05, 0.1) is 10.7 Å². The molecule has 6 nitrogen and oxygen atoms in total. The van der Waals surface area contributed by atoms with Crippen molar-refractivity contribution in [2.75, 3.05) is 0 Å². The van der Waals surface area contributed by atoms with Crippen molar-refractivity contribution >= 4 is 29.0 Å². The molecule has 10 heteroatoms.